The van der Waals surface area contributed by atoms with E-state index in [2.05, 4.69) is 41.4 Å². The van der Waals surface area contributed by atoms with Crippen molar-refractivity contribution in [1.29, 1.82) is 0 Å². The normalized spacial score (nSPS) is 13.9. The van der Waals surface area contributed by atoms with Gasteiger partial charge in [0.05, 0.1) is 7.11 Å². The third kappa shape index (κ3) is 4.74. The van der Waals surface area contributed by atoms with E-state index in [-0.39, 0.29) is 12.0 Å². The summed E-state index contributed by atoms with van der Waals surface area (Å²) in [5.41, 5.74) is 1.66. The lowest BCUT2D eigenvalue weighted by atomic mass is 10.00. The van der Waals surface area contributed by atoms with Crippen LogP contribution in [0.3, 0.4) is 0 Å². The van der Waals surface area contributed by atoms with Gasteiger partial charge in [-0.3, -0.25) is 5.32 Å². The molecule has 4 heteroatoms. The number of hydrogen-bond donors (Lipinski definition) is 1. The van der Waals surface area contributed by atoms with Crippen LogP contribution in [0.4, 0.5) is 5.69 Å². The van der Waals surface area contributed by atoms with Crippen LogP contribution >= 0.6 is 0 Å². The maximum absolute atomic E-state index is 12.1. The Bertz CT molecular complexity index is 456. The lowest BCUT2D eigenvalue weighted by Crippen LogP contribution is -2.59. The first-order valence-corrected chi connectivity index (χ1v) is 7.48. The van der Waals surface area contributed by atoms with E-state index in [9.17, 15) is 4.79 Å². The Balaban J connectivity index is 2.88. The highest BCUT2D eigenvalue weighted by Crippen LogP contribution is 2.18. The molecule has 1 unspecified atom stereocenters. The molecule has 0 bridgehead atoms. The van der Waals surface area contributed by atoms with Crippen LogP contribution in [0, 0.1) is 0 Å². The van der Waals surface area contributed by atoms with Crippen molar-refractivity contribution in [3.8, 4) is 0 Å². The van der Waals surface area contributed by atoms with Crippen LogP contribution in [0.15, 0.2) is 24.3 Å². The highest BCUT2D eigenvalue weighted by molar-refractivity contribution is 5.81. The Kier molecular flexibility index (Phi) is 6.21. The minimum atomic E-state index is -0.735. The molecule has 0 fully saturated rings. The molecule has 0 saturated heterocycles. The first-order chi connectivity index (χ1) is 9.82. The molecule has 1 atom stereocenters. The molecule has 0 amide bonds. The summed E-state index contributed by atoms with van der Waals surface area (Å²) in [7, 11) is 3.42. The minimum absolute atomic E-state index is 0.199. The van der Waals surface area contributed by atoms with Gasteiger partial charge in [0.15, 0.2) is 0 Å². The van der Waals surface area contributed by atoms with Gasteiger partial charge < -0.3 is 9.64 Å². The second-order valence-electron chi connectivity index (χ2n) is 6.00. The van der Waals surface area contributed by atoms with Gasteiger partial charge in [0.1, 0.15) is 5.54 Å². The van der Waals surface area contributed by atoms with Crippen LogP contribution in [0.25, 0.3) is 0 Å². The quantitative estimate of drug-likeness (QED) is 0.784. The number of ether oxygens (including phenoxy) is 1. The zero-order valence-corrected chi connectivity index (χ0v) is 14.1. The molecule has 0 aromatic heterocycles. The smallest absolute Gasteiger partial charge is 0.327 e. The van der Waals surface area contributed by atoms with Crippen LogP contribution in [0.5, 0.6) is 0 Å². The van der Waals surface area contributed by atoms with Crippen LogP contribution in [-0.4, -0.2) is 38.3 Å². The van der Waals surface area contributed by atoms with Crippen LogP contribution in [0.1, 0.15) is 33.3 Å². The molecular weight excluding hydrogens is 264 g/mol. The van der Waals surface area contributed by atoms with E-state index in [0.29, 0.717) is 6.54 Å². The van der Waals surface area contributed by atoms with Gasteiger partial charge in [-0.15, -0.1) is 0 Å². The number of methoxy groups -OCH3 is 1. The lowest BCUT2D eigenvalue weighted by Gasteiger charge is -2.34. The number of nitrogens with one attached hydrogen (secondary N) is 1. The zero-order valence-electron chi connectivity index (χ0n) is 14.1. The van der Waals surface area contributed by atoms with E-state index in [0.717, 1.165) is 12.1 Å². The largest absolute Gasteiger partial charge is 0.468 e. The molecule has 21 heavy (non-hydrogen) atoms. The van der Waals surface area contributed by atoms with Gasteiger partial charge in [-0.2, -0.15) is 0 Å². The highest BCUT2D eigenvalue weighted by atomic mass is 16.5. The lowest BCUT2D eigenvalue weighted by molar-refractivity contribution is -0.147. The molecule has 118 valence electrons. The first-order valence-electron chi connectivity index (χ1n) is 7.48. The molecule has 1 aromatic rings. The summed E-state index contributed by atoms with van der Waals surface area (Å²) in [6, 6.07) is 8.62. The van der Waals surface area contributed by atoms with Gasteiger partial charge in [0, 0.05) is 25.3 Å². The van der Waals surface area contributed by atoms with Crippen molar-refractivity contribution < 1.29 is 9.53 Å². The fourth-order valence-electron chi connectivity index (χ4n) is 2.58. The molecule has 0 heterocycles. The Morgan fingerprint density at radius 1 is 1.33 bits per heavy atom. The summed E-state index contributed by atoms with van der Waals surface area (Å²) >= 11 is 0. The Morgan fingerprint density at radius 2 is 1.90 bits per heavy atom. The van der Waals surface area contributed by atoms with Crippen molar-refractivity contribution in [2.24, 2.45) is 0 Å². The van der Waals surface area contributed by atoms with E-state index in [1.54, 1.807) is 0 Å². The third-order valence-corrected chi connectivity index (χ3v) is 3.58. The first kappa shape index (κ1) is 17.5. The van der Waals surface area contributed by atoms with Gasteiger partial charge in [-0.1, -0.05) is 19.1 Å². The van der Waals surface area contributed by atoms with Gasteiger partial charge in [-0.05, 0) is 44.9 Å². The molecule has 1 N–H and O–H groups in total. The number of benzene rings is 1. The van der Waals surface area contributed by atoms with E-state index in [1.165, 1.54) is 12.7 Å². The molecule has 0 aliphatic rings. The summed E-state index contributed by atoms with van der Waals surface area (Å²) < 4.78 is 4.96. The number of carbonyl (C=O) groups is 1. The number of aryl methyl sites for hydroxylation is 1. The summed E-state index contributed by atoms with van der Waals surface area (Å²) in [5, 5.41) is 3.31. The summed E-state index contributed by atoms with van der Waals surface area (Å²) in [6.07, 6.45) is 1.03. The monoisotopic (exact) mass is 292 g/mol. The molecular formula is C17H28N2O2. The fourth-order valence-corrected chi connectivity index (χ4v) is 2.58. The number of hydrogen-bond acceptors (Lipinski definition) is 4. The van der Waals surface area contributed by atoms with Gasteiger partial charge in [0.2, 0.25) is 0 Å². The maximum atomic E-state index is 12.1. The topological polar surface area (TPSA) is 41.6 Å². The summed E-state index contributed by atoms with van der Waals surface area (Å²) in [5.74, 6) is -0.242. The third-order valence-electron chi connectivity index (χ3n) is 3.58. The predicted molar refractivity (Wildman–Crippen MR) is 87.8 cm³/mol. The predicted octanol–water partition coefficient (Wildman–Crippen LogP) is 2.61. The van der Waals surface area contributed by atoms with Crippen LogP contribution in [0.2, 0.25) is 0 Å². The van der Waals surface area contributed by atoms with E-state index in [1.807, 2.05) is 27.8 Å². The summed E-state index contributed by atoms with van der Waals surface area (Å²) in [4.78, 5) is 14.2. The highest BCUT2D eigenvalue weighted by Gasteiger charge is 2.36. The van der Waals surface area contributed by atoms with E-state index >= 15 is 0 Å². The van der Waals surface area contributed by atoms with Gasteiger partial charge in [-0.25, -0.2) is 4.79 Å². The van der Waals surface area contributed by atoms with Crippen molar-refractivity contribution >= 4 is 11.7 Å². The molecule has 1 aromatic carbocycles. The van der Waals surface area contributed by atoms with Crippen molar-refractivity contribution in [2.75, 3.05) is 25.6 Å². The average molecular weight is 292 g/mol. The van der Waals surface area contributed by atoms with Gasteiger partial charge in [0.25, 0.3) is 0 Å². The van der Waals surface area contributed by atoms with Crippen LogP contribution in [-0.2, 0) is 16.0 Å². The number of rotatable bonds is 7. The Hall–Kier alpha value is -1.55. The van der Waals surface area contributed by atoms with Gasteiger partial charge >= 0.3 is 5.97 Å². The Morgan fingerprint density at radius 3 is 2.33 bits per heavy atom. The number of anilines is 1. The number of likely N-dealkylation sites (N-methyl/N-ethyl adjacent to an activating group) is 1. The second kappa shape index (κ2) is 7.46. The molecule has 0 aliphatic carbocycles. The molecule has 0 spiro atoms. The fraction of sp³-hybridized carbons (Fsp3) is 0.588. The average Bonchev–Trinajstić information content (AvgIpc) is 2.45. The number of nitrogens with zero attached hydrogens (tertiary/aromatic N) is 1. The molecule has 0 radical (unpaired) electrons. The number of esters is 1. The second-order valence-corrected chi connectivity index (χ2v) is 6.00. The Labute approximate surface area is 128 Å². The molecule has 1 rings (SSSR count). The number of carbonyl (C=O) groups excluding carboxylic acids is 1. The van der Waals surface area contributed by atoms with E-state index in [4.69, 9.17) is 4.74 Å². The molecule has 4 nitrogen and oxygen atoms in total. The van der Waals surface area contributed by atoms with Crippen molar-refractivity contribution in [2.45, 2.75) is 45.7 Å². The zero-order chi connectivity index (χ0) is 16.0. The van der Waals surface area contributed by atoms with Crippen molar-refractivity contribution in [1.82, 2.24) is 5.32 Å². The van der Waals surface area contributed by atoms with E-state index < -0.39 is 5.54 Å². The molecule has 0 saturated carbocycles. The SMILES string of the molecule is CCc1ccc(N(C)CC(C)(NC(C)C)C(=O)OC)cc1. The van der Waals surface area contributed by atoms with Crippen molar-refractivity contribution in [3.05, 3.63) is 29.8 Å². The minimum Gasteiger partial charge on any atom is -0.468 e. The molecule has 0 aliphatic heterocycles. The van der Waals surface area contributed by atoms with Crippen molar-refractivity contribution in [3.63, 3.8) is 0 Å². The van der Waals surface area contributed by atoms with Crippen LogP contribution < -0.4 is 10.2 Å². The maximum Gasteiger partial charge on any atom is 0.327 e. The standard InChI is InChI=1S/C17H28N2O2/c1-7-14-8-10-15(11-9-14)19(5)12-17(4,16(20)21-6)18-13(2)3/h8-11,13,18H,7,12H2,1-6H3. The summed E-state index contributed by atoms with van der Waals surface area (Å²) in [6.45, 7) is 8.62.